The molecule has 0 radical (unpaired) electrons. The molecule has 0 spiro atoms. The minimum atomic E-state index is 0.569. The van der Waals surface area contributed by atoms with Crippen molar-refractivity contribution in [3.8, 4) is 34.1 Å². The van der Waals surface area contributed by atoms with Gasteiger partial charge < -0.3 is 4.74 Å². The third-order valence-electron chi connectivity index (χ3n) is 9.21. The fraction of sp³-hybridized carbons (Fsp3) is 0.256. The van der Waals surface area contributed by atoms with Crippen LogP contribution in [0.3, 0.4) is 0 Å². The van der Waals surface area contributed by atoms with Crippen molar-refractivity contribution in [2.24, 2.45) is 5.92 Å². The Morgan fingerprint density at radius 2 is 1.56 bits per heavy atom. The number of fused-ring (bicyclic) bond motifs is 3. The second kappa shape index (κ2) is 13.5. The van der Waals surface area contributed by atoms with Crippen molar-refractivity contribution in [2.45, 2.75) is 66.7 Å². The smallest absolute Gasteiger partial charge is 0.137 e. The molecule has 0 atom stereocenters. The molecule has 5 nitrogen and oxygen atoms in total. The molecule has 0 aliphatic heterocycles. The van der Waals surface area contributed by atoms with Crippen LogP contribution in [-0.2, 0) is 12.8 Å². The normalized spacial score (nSPS) is 11.6. The van der Waals surface area contributed by atoms with Gasteiger partial charge in [0.05, 0.1) is 22.4 Å². The summed E-state index contributed by atoms with van der Waals surface area (Å²) in [6, 6.07) is 36.4. The molecule has 0 bridgehead atoms. The van der Waals surface area contributed by atoms with Gasteiger partial charge in [0.1, 0.15) is 17.3 Å². The third-order valence-corrected chi connectivity index (χ3v) is 9.21. The fourth-order valence-electron chi connectivity index (χ4n) is 7.01. The standard InChI is InChI=1S/C43H44N4O/c1-6-7-9-13-32-18-21-40-39(25-32)38-20-19-37(28-41(38)46(40)42-26-33(22-23-44-42)24-29(2)3)48-36-17-12-16-35(27-36)47-31(5)43(30(4)45-47)34-14-10-8-11-15-34/h8,10-12,14-23,25-29H,6-7,9,13,24H2,1-5H3. The monoisotopic (exact) mass is 632 g/mol. The molecule has 0 amide bonds. The van der Waals surface area contributed by atoms with E-state index in [0.29, 0.717) is 5.92 Å². The summed E-state index contributed by atoms with van der Waals surface area (Å²) in [4.78, 5) is 4.88. The number of rotatable bonds is 11. The van der Waals surface area contributed by atoms with Crippen molar-refractivity contribution < 1.29 is 4.74 Å². The summed E-state index contributed by atoms with van der Waals surface area (Å²) in [5.41, 5.74) is 10.3. The Kier molecular flexibility index (Phi) is 8.86. The van der Waals surface area contributed by atoms with Crippen LogP contribution in [0.2, 0.25) is 0 Å². The van der Waals surface area contributed by atoms with Crippen molar-refractivity contribution >= 4 is 21.8 Å². The second-order valence-corrected chi connectivity index (χ2v) is 13.4. The molecule has 0 fully saturated rings. The number of unbranched alkanes of at least 4 members (excludes halogenated alkanes) is 2. The average molecular weight is 633 g/mol. The van der Waals surface area contributed by atoms with Crippen LogP contribution in [0, 0.1) is 19.8 Å². The Bertz CT molecular complexity index is 2210. The van der Waals surface area contributed by atoms with E-state index in [-0.39, 0.29) is 0 Å². The molecular weight excluding hydrogens is 589 g/mol. The summed E-state index contributed by atoms with van der Waals surface area (Å²) in [6.07, 6.45) is 7.74. The van der Waals surface area contributed by atoms with Crippen molar-refractivity contribution in [2.75, 3.05) is 0 Å². The van der Waals surface area contributed by atoms with E-state index in [1.165, 1.54) is 52.3 Å². The number of pyridine rings is 1. The van der Waals surface area contributed by atoms with Crippen LogP contribution in [0.25, 0.3) is 44.4 Å². The van der Waals surface area contributed by atoms with E-state index >= 15 is 0 Å². The minimum absolute atomic E-state index is 0.569. The van der Waals surface area contributed by atoms with Gasteiger partial charge in [0.25, 0.3) is 0 Å². The number of benzene rings is 4. The molecule has 4 aromatic carbocycles. The zero-order chi connectivity index (χ0) is 33.2. The maximum Gasteiger partial charge on any atom is 0.137 e. The molecule has 0 aliphatic carbocycles. The minimum Gasteiger partial charge on any atom is -0.457 e. The van der Waals surface area contributed by atoms with Crippen molar-refractivity contribution in [3.63, 3.8) is 0 Å². The van der Waals surface area contributed by atoms with E-state index in [1.807, 2.05) is 29.1 Å². The van der Waals surface area contributed by atoms with E-state index in [2.05, 4.69) is 124 Å². The van der Waals surface area contributed by atoms with E-state index < -0.39 is 0 Å². The largest absolute Gasteiger partial charge is 0.457 e. The molecule has 48 heavy (non-hydrogen) atoms. The van der Waals surface area contributed by atoms with E-state index in [0.717, 1.165) is 58.3 Å². The summed E-state index contributed by atoms with van der Waals surface area (Å²) in [5.74, 6) is 3.05. The third kappa shape index (κ3) is 6.25. The Labute approximate surface area is 283 Å². The predicted molar refractivity (Wildman–Crippen MR) is 199 cm³/mol. The van der Waals surface area contributed by atoms with Crippen LogP contribution >= 0.6 is 0 Å². The molecule has 7 aromatic rings. The summed E-state index contributed by atoms with van der Waals surface area (Å²) in [5, 5.41) is 7.38. The van der Waals surface area contributed by atoms with Crippen LogP contribution in [0.15, 0.2) is 109 Å². The number of hydrogen-bond acceptors (Lipinski definition) is 3. The highest BCUT2D eigenvalue weighted by Crippen LogP contribution is 2.37. The van der Waals surface area contributed by atoms with Crippen molar-refractivity contribution in [3.05, 3.63) is 132 Å². The fourth-order valence-corrected chi connectivity index (χ4v) is 7.01. The first-order valence-electron chi connectivity index (χ1n) is 17.3. The summed E-state index contributed by atoms with van der Waals surface area (Å²) in [7, 11) is 0. The zero-order valence-electron chi connectivity index (χ0n) is 28.7. The highest BCUT2D eigenvalue weighted by molar-refractivity contribution is 6.09. The number of hydrogen-bond donors (Lipinski definition) is 0. The van der Waals surface area contributed by atoms with Gasteiger partial charge in [0, 0.05) is 40.4 Å². The zero-order valence-corrected chi connectivity index (χ0v) is 28.7. The maximum atomic E-state index is 6.59. The number of aromatic nitrogens is 4. The summed E-state index contributed by atoms with van der Waals surface area (Å²) >= 11 is 0. The summed E-state index contributed by atoms with van der Waals surface area (Å²) in [6.45, 7) is 11.0. The number of ether oxygens (including phenoxy) is 1. The van der Waals surface area contributed by atoms with Gasteiger partial charge in [-0.05, 0) is 104 Å². The van der Waals surface area contributed by atoms with Gasteiger partial charge in [-0.15, -0.1) is 0 Å². The Morgan fingerprint density at radius 3 is 2.38 bits per heavy atom. The van der Waals surface area contributed by atoms with Crippen LogP contribution < -0.4 is 4.74 Å². The van der Waals surface area contributed by atoms with Gasteiger partial charge >= 0.3 is 0 Å². The molecule has 0 saturated carbocycles. The predicted octanol–water partition coefficient (Wildman–Crippen LogP) is 11.4. The molecule has 3 aromatic heterocycles. The average Bonchev–Trinajstić information content (AvgIpc) is 3.57. The van der Waals surface area contributed by atoms with Crippen LogP contribution in [0.1, 0.15) is 62.5 Å². The molecule has 7 rings (SSSR count). The Balaban J connectivity index is 1.28. The lowest BCUT2D eigenvalue weighted by Crippen LogP contribution is -2.01. The molecule has 0 saturated heterocycles. The summed E-state index contributed by atoms with van der Waals surface area (Å²) < 4.78 is 10.9. The first-order valence-corrected chi connectivity index (χ1v) is 17.3. The topological polar surface area (TPSA) is 44.9 Å². The van der Waals surface area contributed by atoms with Gasteiger partial charge in [0.2, 0.25) is 0 Å². The van der Waals surface area contributed by atoms with Gasteiger partial charge in [-0.2, -0.15) is 5.10 Å². The van der Waals surface area contributed by atoms with Crippen LogP contribution in [0.5, 0.6) is 11.5 Å². The van der Waals surface area contributed by atoms with Gasteiger partial charge in [0.15, 0.2) is 0 Å². The Morgan fingerprint density at radius 1 is 0.729 bits per heavy atom. The van der Waals surface area contributed by atoms with E-state index in [9.17, 15) is 0 Å². The first kappa shape index (κ1) is 31.4. The lowest BCUT2D eigenvalue weighted by atomic mass is 10.0. The van der Waals surface area contributed by atoms with Gasteiger partial charge in [-0.3, -0.25) is 4.57 Å². The van der Waals surface area contributed by atoms with E-state index in [1.54, 1.807) is 0 Å². The van der Waals surface area contributed by atoms with E-state index in [4.69, 9.17) is 14.8 Å². The quantitative estimate of drug-likeness (QED) is 0.133. The van der Waals surface area contributed by atoms with Crippen molar-refractivity contribution in [1.29, 1.82) is 0 Å². The highest BCUT2D eigenvalue weighted by atomic mass is 16.5. The number of aryl methyl sites for hydroxylation is 2. The molecule has 0 unspecified atom stereocenters. The van der Waals surface area contributed by atoms with Crippen molar-refractivity contribution in [1.82, 2.24) is 19.3 Å². The molecule has 3 heterocycles. The SMILES string of the molecule is CCCCCc1ccc2c(c1)c1ccc(Oc3cccc(-n4nc(C)c(-c5ccccc5)c4C)c3)cc1n2-c1cc(CC(C)C)ccn1. The highest BCUT2D eigenvalue weighted by Gasteiger charge is 2.17. The second-order valence-electron chi connectivity index (χ2n) is 13.4. The molecule has 0 aliphatic rings. The van der Waals surface area contributed by atoms with Gasteiger partial charge in [-0.1, -0.05) is 76.1 Å². The van der Waals surface area contributed by atoms with Crippen LogP contribution in [0.4, 0.5) is 0 Å². The maximum absolute atomic E-state index is 6.59. The molecule has 242 valence electrons. The number of nitrogens with zero attached hydrogens (tertiary/aromatic N) is 4. The lowest BCUT2D eigenvalue weighted by Gasteiger charge is -2.12. The Hall–Kier alpha value is -5.16. The molecular formula is C43H44N4O. The van der Waals surface area contributed by atoms with Crippen LogP contribution in [-0.4, -0.2) is 19.3 Å². The molecule has 5 heteroatoms. The molecule has 0 N–H and O–H groups in total. The van der Waals surface area contributed by atoms with Gasteiger partial charge in [-0.25, -0.2) is 9.67 Å². The lowest BCUT2D eigenvalue weighted by molar-refractivity contribution is 0.482. The first-order chi connectivity index (χ1) is 23.4.